The van der Waals surface area contributed by atoms with Gasteiger partial charge in [-0.1, -0.05) is 6.92 Å². The molecule has 86 valence electrons. The van der Waals surface area contributed by atoms with Gasteiger partial charge in [0.2, 0.25) is 0 Å². The van der Waals surface area contributed by atoms with Crippen LogP contribution in [0.2, 0.25) is 0 Å². The summed E-state index contributed by atoms with van der Waals surface area (Å²) in [5, 5.41) is 22.4. The van der Waals surface area contributed by atoms with Crippen molar-refractivity contribution in [1.82, 2.24) is 19.8 Å². The van der Waals surface area contributed by atoms with Gasteiger partial charge in [0.15, 0.2) is 5.65 Å². The predicted octanol–water partition coefficient (Wildman–Crippen LogP) is -0.400. The number of aliphatic hydroxyl groups is 1. The van der Waals surface area contributed by atoms with E-state index in [9.17, 15) is 9.90 Å². The molecular weight excluding hydrogens is 210 g/mol. The Kier molecular flexibility index (Phi) is 2.86. The predicted molar refractivity (Wildman–Crippen MR) is 58.4 cm³/mol. The van der Waals surface area contributed by atoms with Gasteiger partial charge in [0.1, 0.15) is 5.82 Å². The third-order valence-electron chi connectivity index (χ3n) is 2.26. The molecule has 2 rings (SSSR count). The topological polar surface area (TPSA) is 95.3 Å². The standard InChI is InChI=1S/C9H13N5O2/c1-2-6(15)5-10-7-3-4-8-11-12-9(16)14(8)13-7/h3-4,6,15H,2,5H2,1H3,(H,10,13)(H,12,16). The van der Waals surface area contributed by atoms with Crippen LogP contribution in [0.4, 0.5) is 5.82 Å². The molecule has 16 heavy (non-hydrogen) atoms. The smallest absolute Gasteiger partial charge is 0.364 e. The van der Waals surface area contributed by atoms with Crippen LogP contribution < -0.4 is 11.0 Å². The van der Waals surface area contributed by atoms with Gasteiger partial charge in [-0.3, -0.25) is 0 Å². The van der Waals surface area contributed by atoms with Gasteiger partial charge >= 0.3 is 5.69 Å². The molecule has 0 saturated heterocycles. The molecule has 2 aromatic heterocycles. The Bertz CT molecular complexity index is 532. The van der Waals surface area contributed by atoms with E-state index in [1.54, 1.807) is 12.1 Å². The van der Waals surface area contributed by atoms with Gasteiger partial charge in [-0.25, -0.2) is 9.89 Å². The van der Waals surface area contributed by atoms with Crippen LogP contribution in [-0.4, -0.2) is 37.6 Å². The summed E-state index contributed by atoms with van der Waals surface area (Å²) >= 11 is 0. The zero-order valence-corrected chi connectivity index (χ0v) is 8.84. The molecule has 0 aliphatic rings. The number of nitrogens with one attached hydrogen (secondary N) is 2. The number of hydrogen-bond acceptors (Lipinski definition) is 5. The minimum Gasteiger partial charge on any atom is -0.391 e. The fourth-order valence-corrected chi connectivity index (χ4v) is 1.26. The molecule has 7 heteroatoms. The number of aliphatic hydroxyl groups excluding tert-OH is 1. The maximum absolute atomic E-state index is 11.2. The molecule has 0 aliphatic carbocycles. The minimum atomic E-state index is -0.418. The van der Waals surface area contributed by atoms with Crippen molar-refractivity contribution in [2.45, 2.75) is 19.4 Å². The Morgan fingerprint density at radius 1 is 1.62 bits per heavy atom. The molecule has 3 N–H and O–H groups in total. The van der Waals surface area contributed by atoms with Crippen molar-refractivity contribution in [3.05, 3.63) is 22.6 Å². The van der Waals surface area contributed by atoms with E-state index in [0.717, 1.165) is 0 Å². The molecule has 2 heterocycles. The van der Waals surface area contributed by atoms with E-state index in [4.69, 9.17) is 0 Å². The summed E-state index contributed by atoms with van der Waals surface area (Å²) in [6.07, 6.45) is 0.250. The molecule has 7 nitrogen and oxygen atoms in total. The van der Waals surface area contributed by atoms with Gasteiger partial charge in [0.05, 0.1) is 6.10 Å². The monoisotopic (exact) mass is 223 g/mol. The highest BCUT2D eigenvalue weighted by Crippen LogP contribution is 2.03. The van der Waals surface area contributed by atoms with Crippen LogP contribution in [0.1, 0.15) is 13.3 Å². The first kappa shape index (κ1) is 10.6. The SMILES string of the molecule is CCC(O)CNc1ccc2n[nH]c(=O)n2n1. The molecule has 0 fully saturated rings. The van der Waals surface area contributed by atoms with Crippen LogP contribution in [0.3, 0.4) is 0 Å². The van der Waals surface area contributed by atoms with Crippen LogP contribution >= 0.6 is 0 Å². The Morgan fingerprint density at radius 3 is 3.19 bits per heavy atom. The zero-order valence-electron chi connectivity index (χ0n) is 8.84. The van der Waals surface area contributed by atoms with E-state index in [0.29, 0.717) is 24.4 Å². The van der Waals surface area contributed by atoms with Crippen molar-refractivity contribution >= 4 is 11.5 Å². The molecule has 1 unspecified atom stereocenters. The highest BCUT2D eigenvalue weighted by atomic mass is 16.3. The van der Waals surface area contributed by atoms with E-state index in [2.05, 4.69) is 20.6 Å². The summed E-state index contributed by atoms with van der Waals surface area (Å²) in [6.45, 7) is 2.30. The lowest BCUT2D eigenvalue weighted by molar-refractivity contribution is 0.183. The van der Waals surface area contributed by atoms with Crippen LogP contribution in [-0.2, 0) is 0 Å². The lowest BCUT2D eigenvalue weighted by Gasteiger charge is -2.09. The lowest BCUT2D eigenvalue weighted by atomic mass is 10.3. The maximum Gasteiger partial charge on any atom is 0.364 e. The number of nitrogens with zero attached hydrogens (tertiary/aromatic N) is 3. The van der Waals surface area contributed by atoms with Gasteiger partial charge < -0.3 is 10.4 Å². The van der Waals surface area contributed by atoms with Crippen molar-refractivity contribution in [3.63, 3.8) is 0 Å². The lowest BCUT2D eigenvalue weighted by Crippen LogP contribution is -2.20. The highest BCUT2D eigenvalue weighted by molar-refractivity contribution is 5.42. The number of hydrogen-bond donors (Lipinski definition) is 3. The normalized spacial score (nSPS) is 12.9. The number of H-pyrrole nitrogens is 1. The second kappa shape index (κ2) is 4.31. The number of fused-ring (bicyclic) bond motifs is 1. The Labute approximate surface area is 91.1 Å². The minimum absolute atomic E-state index is 0.380. The summed E-state index contributed by atoms with van der Waals surface area (Å²) in [5.41, 5.74) is 0.0845. The first-order valence-corrected chi connectivity index (χ1v) is 5.07. The van der Waals surface area contributed by atoms with Gasteiger partial charge in [-0.15, -0.1) is 5.10 Å². The summed E-state index contributed by atoms with van der Waals surface area (Å²) in [5.74, 6) is 0.531. The number of rotatable bonds is 4. The molecule has 2 aromatic rings. The molecule has 1 atom stereocenters. The van der Waals surface area contributed by atoms with Crippen LogP contribution in [0.5, 0.6) is 0 Å². The van der Waals surface area contributed by atoms with Gasteiger partial charge in [-0.05, 0) is 18.6 Å². The van der Waals surface area contributed by atoms with Crippen molar-refractivity contribution in [2.24, 2.45) is 0 Å². The van der Waals surface area contributed by atoms with Crippen LogP contribution in [0.25, 0.3) is 5.65 Å². The third-order valence-corrected chi connectivity index (χ3v) is 2.26. The summed E-state index contributed by atoms with van der Waals surface area (Å²) < 4.78 is 1.17. The highest BCUT2D eigenvalue weighted by Gasteiger charge is 2.04. The third kappa shape index (κ3) is 2.03. The van der Waals surface area contributed by atoms with Crippen molar-refractivity contribution in [1.29, 1.82) is 0 Å². The quantitative estimate of drug-likeness (QED) is 0.655. The molecule has 0 aliphatic heterocycles. The summed E-state index contributed by atoms with van der Waals surface area (Å²) in [4.78, 5) is 11.2. The molecule has 0 spiro atoms. The van der Waals surface area contributed by atoms with Crippen LogP contribution in [0, 0.1) is 0 Å². The van der Waals surface area contributed by atoms with Crippen molar-refractivity contribution < 1.29 is 5.11 Å². The van der Waals surface area contributed by atoms with Gasteiger partial charge in [0, 0.05) is 6.54 Å². The Morgan fingerprint density at radius 2 is 2.44 bits per heavy atom. The van der Waals surface area contributed by atoms with E-state index in [1.807, 2.05) is 6.92 Å². The van der Waals surface area contributed by atoms with E-state index >= 15 is 0 Å². The number of aromatic amines is 1. The van der Waals surface area contributed by atoms with E-state index in [-0.39, 0.29) is 5.69 Å². The largest absolute Gasteiger partial charge is 0.391 e. The molecular formula is C9H13N5O2. The zero-order chi connectivity index (χ0) is 11.5. The molecule has 0 saturated carbocycles. The summed E-state index contributed by atoms with van der Waals surface area (Å²) in [7, 11) is 0. The molecule has 0 bridgehead atoms. The number of aromatic nitrogens is 4. The van der Waals surface area contributed by atoms with Crippen molar-refractivity contribution in [3.8, 4) is 0 Å². The first-order valence-electron chi connectivity index (χ1n) is 5.07. The Balaban J connectivity index is 2.19. The molecule has 0 aromatic carbocycles. The van der Waals surface area contributed by atoms with Gasteiger partial charge in [-0.2, -0.15) is 9.61 Å². The molecule has 0 amide bonds. The van der Waals surface area contributed by atoms with Crippen LogP contribution in [0.15, 0.2) is 16.9 Å². The van der Waals surface area contributed by atoms with Crippen molar-refractivity contribution in [2.75, 3.05) is 11.9 Å². The average Bonchev–Trinajstić information content (AvgIpc) is 2.68. The second-order valence-corrected chi connectivity index (χ2v) is 3.46. The summed E-state index contributed by atoms with van der Waals surface area (Å²) in [6, 6.07) is 3.38. The fourth-order valence-electron chi connectivity index (χ4n) is 1.26. The molecule has 0 radical (unpaired) electrons. The fraction of sp³-hybridized carbons (Fsp3) is 0.444. The maximum atomic E-state index is 11.2. The Hall–Kier alpha value is -1.89. The van der Waals surface area contributed by atoms with Gasteiger partial charge in [0.25, 0.3) is 0 Å². The first-order chi connectivity index (χ1) is 7.70. The number of anilines is 1. The average molecular weight is 223 g/mol. The second-order valence-electron chi connectivity index (χ2n) is 3.46. The van der Waals surface area contributed by atoms with E-state index in [1.165, 1.54) is 4.52 Å². The van der Waals surface area contributed by atoms with E-state index < -0.39 is 6.10 Å².